The third-order valence-corrected chi connectivity index (χ3v) is 3.03. The van der Waals surface area contributed by atoms with Crippen LogP contribution in [0.5, 0.6) is 0 Å². The van der Waals surface area contributed by atoms with Gasteiger partial charge in [0.25, 0.3) is 0 Å². The van der Waals surface area contributed by atoms with Crippen molar-refractivity contribution in [3.8, 4) is 0 Å². The van der Waals surface area contributed by atoms with Crippen LogP contribution in [0, 0.1) is 0 Å². The highest BCUT2D eigenvalue weighted by atomic mass is 79.9. The van der Waals surface area contributed by atoms with Crippen LogP contribution in [0.2, 0.25) is 5.02 Å². The van der Waals surface area contributed by atoms with Crippen LogP contribution < -0.4 is 5.73 Å². The van der Waals surface area contributed by atoms with E-state index in [-0.39, 0.29) is 6.04 Å². The Balaban J connectivity index is 2.96. The molecule has 0 amide bonds. The van der Waals surface area contributed by atoms with E-state index < -0.39 is 0 Å². The van der Waals surface area contributed by atoms with E-state index in [0.29, 0.717) is 0 Å². The molecule has 2 N–H and O–H groups in total. The number of rotatable bonds is 2. The van der Waals surface area contributed by atoms with Crippen LogP contribution >= 0.6 is 27.5 Å². The predicted octanol–water partition coefficient (Wildman–Crippen LogP) is 3.51. The average Bonchev–Trinajstić information content (AvgIpc) is 2.08. The lowest BCUT2D eigenvalue weighted by atomic mass is 10.1. The van der Waals surface area contributed by atoms with E-state index in [1.807, 2.05) is 18.2 Å². The van der Waals surface area contributed by atoms with Crippen molar-refractivity contribution < 1.29 is 0 Å². The van der Waals surface area contributed by atoms with Gasteiger partial charge in [0.2, 0.25) is 0 Å². The fourth-order valence-corrected chi connectivity index (χ4v) is 1.49. The summed E-state index contributed by atoms with van der Waals surface area (Å²) in [6, 6.07) is 5.90. The maximum absolute atomic E-state index is 5.85. The van der Waals surface area contributed by atoms with Crippen LogP contribution in [0.4, 0.5) is 0 Å². The van der Waals surface area contributed by atoms with Crippen molar-refractivity contribution >= 4 is 27.5 Å². The van der Waals surface area contributed by atoms with Gasteiger partial charge in [0, 0.05) is 10.5 Å². The van der Waals surface area contributed by atoms with Gasteiger partial charge in [-0.3, -0.25) is 0 Å². The lowest BCUT2D eigenvalue weighted by molar-refractivity contribution is 0.698. The van der Waals surface area contributed by atoms with Crippen molar-refractivity contribution in [1.82, 2.24) is 0 Å². The molecule has 0 aromatic heterocycles. The number of nitrogens with two attached hydrogens (primary N) is 1. The molecule has 12 heavy (non-hydrogen) atoms. The van der Waals surface area contributed by atoms with Gasteiger partial charge >= 0.3 is 0 Å². The molecule has 0 saturated carbocycles. The summed E-state index contributed by atoms with van der Waals surface area (Å²) in [5.74, 6) is 0. The number of hydrogen-bond acceptors (Lipinski definition) is 1. The molecule has 0 heterocycles. The highest BCUT2D eigenvalue weighted by Gasteiger charge is 2.04. The van der Waals surface area contributed by atoms with Crippen LogP contribution in [-0.4, -0.2) is 0 Å². The Morgan fingerprint density at radius 3 is 2.75 bits per heavy atom. The third kappa shape index (κ3) is 2.22. The minimum Gasteiger partial charge on any atom is -0.324 e. The maximum Gasteiger partial charge on any atom is 0.0548 e. The van der Waals surface area contributed by atoms with Gasteiger partial charge in [-0.05, 0) is 40.0 Å². The molecule has 1 atom stereocenters. The molecule has 0 saturated heterocycles. The van der Waals surface area contributed by atoms with Crippen LogP contribution in [0.25, 0.3) is 0 Å². The summed E-state index contributed by atoms with van der Waals surface area (Å²) in [6.45, 7) is 2.06. The average molecular weight is 249 g/mol. The third-order valence-electron chi connectivity index (χ3n) is 1.81. The second-order valence-electron chi connectivity index (χ2n) is 2.69. The molecule has 66 valence electrons. The summed E-state index contributed by atoms with van der Waals surface area (Å²) >= 11 is 9.20. The first kappa shape index (κ1) is 10.0. The van der Waals surface area contributed by atoms with Crippen LogP contribution in [0.15, 0.2) is 22.7 Å². The second-order valence-corrected chi connectivity index (χ2v) is 3.95. The van der Waals surface area contributed by atoms with Gasteiger partial charge in [-0.2, -0.15) is 0 Å². The van der Waals surface area contributed by atoms with Crippen molar-refractivity contribution in [2.75, 3.05) is 0 Å². The lowest BCUT2D eigenvalue weighted by Crippen LogP contribution is -2.08. The quantitative estimate of drug-likeness (QED) is 0.851. The summed E-state index contributed by atoms with van der Waals surface area (Å²) in [5.41, 5.74) is 6.97. The van der Waals surface area contributed by atoms with Gasteiger partial charge in [-0.1, -0.05) is 24.6 Å². The molecule has 1 aromatic rings. The molecule has 0 spiro atoms. The van der Waals surface area contributed by atoms with E-state index in [0.717, 1.165) is 21.5 Å². The molecule has 1 nitrogen and oxygen atoms in total. The largest absolute Gasteiger partial charge is 0.324 e. The Morgan fingerprint density at radius 1 is 1.58 bits per heavy atom. The van der Waals surface area contributed by atoms with Crippen molar-refractivity contribution in [2.24, 2.45) is 5.73 Å². The smallest absolute Gasteiger partial charge is 0.0548 e. The van der Waals surface area contributed by atoms with E-state index >= 15 is 0 Å². The van der Waals surface area contributed by atoms with Gasteiger partial charge in [0.15, 0.2) is 0 Å². The first-order chi connectivity index (χ1) is 5.65. The normalized spacial score (nSPS) is 13.0. The number of halogens is 2. The fourth-order valence-electron chi connectivity index (χ4n) is 0.979. The summed E-state index contributed by atoms with van der Waals surface area (Å²) in [7, 11) is 0. The minimum atomic E-state index is 0.110. The molecular formula is C9H11BrClN. The van der Waals surface area contributed by atoms with Crippen molar-refractivity contribution in [2.45, 2.75) is 19.4 Å². The van der Waals surface area contributed by atoms with Crippen LogP contribution in [0.1, 0.15) is 24.9 Å². The molecular weight excluding hydrogens is 237 g/mol. The van der Waals surface area contributed by atoms with Gasteiger partial charge in [0.1, 0.15) is 0 Å². The zero-order valence-corrected chi connectivity index (χ0v) is 9.19. The number of hydrogen-bond donors (Lipinski definition) is 1. The highest BCUT2D eigenvalue weighted by Crippen LogP contribution is 2.26. The topological polar surface area (TPSA) is 26.0 Å². The fraction of sp³-hybridized carbons (Fsp3) is 0.333. The summed E-state index contributed by atoms with van der Waals surface area (Å²) < 4.78 is 0.908. The highest BCUT2D eigenvalue weighted by molar-refractivity contribution is 9.10. The lowest BCUT2D eigenvalue weighted by Gasteiger charge is -2.09. The Morgan fingerprint density at radius 2 is 2.25 bits per heavy atom. The van der Waals surface area contributed by atoms with Crippen molar-refractivity contribution in [1.29, 1.82) is 0 Å². The summed E-state index contributed by atoms with van der Waals surface area (Å²) in [4.78, 5) is 0. The molecule has 3 heteroatoms. The summed E-state index contributed by atoms with van der Waals surface area (Å²) in [5, 5.41) is 0.724. The first-order valence-corrected chi connectivity index (χ1v) is 5.02. The van der Waals surface area contributed by atoms with Gasteiger partial charge in [0.05, 0.1) is 5.02 Å². The van der Waals surface area contributed by atoms with Crippen molar-refractivity contribution in [3.05, 3.63) is 33.3 Å². The van der Waals surface area contributed by atoms with E-state index in [1.165, 1.54) is 0 Å². The first-order valence-electron chi connectivity index (χ1n) is 3.85. The van der Waals surface area contributed by atoms with E-state index in [2.05, 4.69) is 22.9 Å². The molecule has 0 aliphatic carbocycles. The van der Waals surface area contributed by atoms with Gasteiger partial charge in [-0.15, -0.1) is 0 Å². The number of benzene rings is 1. The predicted molar refractivity (Wildman–Crippen MR) is 56.4 cm³/mol. The molecule has 1 rings (SSSR count). The standard InChI is InChI=1S/C9H11BrClN/c1-2-9(12)6-3-4-8(11)7(10)5-6/h3-5,9H,2,12H2,1H3/t9-/m0/s1. The molecule has 0 radical (unpaired) electrons. The van der Waals surface area contributed by atoms with Crippen molar-refractivity contribution in [3.63, 3.8) is 0 Å². The van der Waals surface area contributed by atoms with Gasteiger partial charge in [-0.25, -0.2) is 0 Å². The minimum absolute atomic E-state index is 0.110. The SMILES string of the molecule is CC[C@H](N)c1ccc(Cl)c(Br)c1. The van der Waals surface area contributed by atoms with Gasteiger partial charge < -0.3 is 5.73 Å². The molecule has 0 aliphatic rings. The van der Waals surface area contributed by atoms with E-state index in [1.54, 1.807) is 0 Å². The van der Waals surface area contributed by atoms with E-state index in [4.69, 9.17) is 17.3 Å². The Labute approximate surface area is 86.0 Å². The molecule has 0 bridgehead atoms. The van der Waals surface area contributed by atoms with Crippen LogP contribution in [0.3, 0.4) is 0 Å². The Bertz CT molecular complexity index is 275. The monoisotopic (exact) mass is 247 g/mol. The second kappa shape index (κ2) is 4.26. The van der Waals surface area contributed by atoms with Crippen LogP contribution in [-0.2, 0) is 0 Å². The Kier molecular flexibility index (Phi) is 3.56. The zero-order valence-electron chi connectivity index (χ0n) is 6.85. The molecule has 0 aliphatic heterocycles. The molecule has 0 fully saturated rings. The zero-order chi connectivity index (χ0) is 9.14. The maximum atomic E-state index is 5.85. The van der Waals surface area contributed by atoms with E-state index in [9.17, 15) is 0 Å². The molecule has 0 unspecified atom stereocenters. The summed E-state index contributed by atoms with van der Waals surface area (Å²) in [6.07, 6.45) is 0.939. The molecule has 1 aromatic carbocycles. The Hall–Kier alpha value is -0.0500.